The van der Waals surface area contributed by atoms with Crippen LogP contribution >= 0.6 is 0 Å². The van der Waals surface area contributed by atoms with Crippen LogP contribution in [-0.4, -0.2) is 35.2 Å². The van der Waals surface area contributed by atoms with Crippen molar-refractivity contribution in [2.45, 2.75) is 58.1 Å². The molecule has 1 N–H and O–H groups in total. The minimum atomic E-state index is -0.0617. The fourth-order valence-corrected chi connectivity index (χ4v) is 2.26. The van der Waals surface area contributed by atoms with E-state index in [-0.39, 0.29) is 6.10 Å². The number of β-amino-alcohol motifs (C(OH)–C–C–N with tert-alkyl or cyclic N) is 1. The third kappa shape index (κ3) is 3.28. The van der Waals surface area contributed by atoms with Crippen molar-refractivity contribution in [3.8, 4) is 0 Å². The molecule has 1 aliphatic rings. The number of aliphatic hydroxyl groups is 1. The number of nitrogens with zero attached hydrogens (tertiary/aromatic N) is 1. The molecule has 0 saturated carbocycles. The molecule has 1 heterocycles. The predicted octanol–water partition coefficient (Wildman–Crippen LogP) is 2.02. The van der Waals surface area contributed by atoms with Gasteiger partial charge in [-0.1, -0.05) is 26.7 Å². The van der Waals surface area contributed by atoms with Gasteiger partial charge in [0, 0.05) is 12.6 Å². The van der Waals surface area contributed by atoms with Crippen LogP contribution in [0.2, 0.25) is 0 Å². The Labute approximate surface area is 81.9 Å². The van der Waals surface area contributed by atoms with Gasteiger partial charge in [-0.25, -0.2) is 0 Å². The van der Waals surface area contributed by atoms with Gasteiger partial charge < -0.3 is 5.11 Å². The number of hydrogen-bond acceptors (Lipinski definition) is 2. The molecule has 1 aliphatic heterocycles. The van der Waals surface area contributed by atoms with Crippen LogP contribution in [-0.2, 0) is 0 Å². The van der Waals surface area contributed by atoms with Gasteiger partial charge in [0.2, 0.25) is 0 Å². The topological polar surface area (TPSA) is 23.5 Å². The summed E-state index contributed by atoms with van der Waals surface area (Å²) in [5.41, 5.74) is 0. The Morgan fingerprint density at radius 2 is 2.08 bits per heavy atom. The number of hydrogen-bond donors (Lipinski definition) is 1. The summed E-state index contributed by atoms with van der Waals surface area (Å²) in [5.74, 6) is 0. The standard InChI is InChI=1S/C11H23NO/c1-3-5-6-10-8-11(13)9-12(10)7-4-2/h10-11,13H,3-9H2,1-2H3/t10-,11-/m0/s1. The number of rotatable bonds is 5. The molecule has 0 unspecified atom stereocenters. The van der Waals surface area contributed by atoms with Crippen molar-refractivity contribution in [3.63, 3.8) is 0 Å². The van der Waals surface area contributed by atoms with E-state index in [1.54, 1.807) is 0 Å². The van der Waals surface area contributed by atoms with Gasteiger partial charge in [0.1, 0.15) is 0 Å². The Morgan fingerprint density at radius 1 is 1.31 bits per heavy atom. The summed E-state index contributed by atoms with van der Waals surface area (Å²) in [6.07, 6.45) is 5.99. The fourth-order valence-electron chi connectivity index (χ4n) is 2.26. The summed E-state index contributed by atoms with van der Waals surface area (Å²) in [5, 5.41) is 9.55. The summed E-state index contributed by atoms with van der Waals surface area (Å²) in [6.45, 7) is 6.50. The van der Waals surface area contributed by atoms with Crippen molar-refractivity contribution in [3.05, 3.63) is 0 Å². The van der Waals surface area contributed by atoms with Crippen molar-refractivity contribution >= 4 is 0 Å². The molecule has 0 aromatic rings. The van der Waals surface area contributed by atoms with Gasteiger partial charge in [0.05, 0.1) is 6.10 Å². The lowest BCUT2D eigenvalue weighted by Gasteiger charge is -2.23. The van der Waals surface area contributed by atoms with Crippen LogP contribution in [0.4, 0.5) is 0 Å². The highest BCUT2D eigenvalue weighted by molar-refractivity contribution is 4.84. The molecule has 13 heavy (non-hydrogen) atoms. The second-order valence-electron chi connectivity index (χ2n) is 4.18. The van der Waals surface area contributed by atoms with Gasteiger partial charge in [0.15, 0.2) is 0 Å². The molecule has 0 amide bonds. The van der Waals surface area contributed by atoms with Crippen LogP contribution in [0.25, 0.3) is 0 Å². The van der Waals surface area contributed by atoms with E-state index in [1.807, 2.05) is 0 Å². The van der Waals surface area contributed by atoms with Crippen LogP contribution in [0, 0.1) is 0 Å². The molecule has 2 heteroatoms. The van der Waals surface area contributed by atoms with Crippen molar-refractivity contribution in [2.24, 2.45) is 0 Å². The smallest absolute Gasteiger partial charge is 0.0682 e. The zero-order chi connectivity index (χ0) is 9.68. The highest BCUT2D eigenvalue weighted by Gasteiger charge is 2.29. The highest BCUT2D eigenvalue weighted by Crippen LogP contribution is 2.22. The first kappa shape index (κ1) is 11.0. The normalized spacial score (nSPS) is 29.8. The number of unbranched alkanes of at least 4 members (excludes halogenated alkanes) is 1. The summed E-state index contributed by atoms with van der Waals surface area (Å²) >= 11 is 0. The van der Waals surface area contributed by atoms with Gasteiger partial charge in [0.25, 0.3) is 0 Å². The molecule has 0 aromatic heterocycles. The molecule has 78 valence electrons. The van der Waals surface area contributed by atoms with Crippen molar-refractivity contribution in [1.82, 2.24) is 4.90 Å². The van der Waals surface area contributed by atoms with E-state index in [0.717, 1.165) is 19.5 Å². The fraction of sp³-hybridized carbons (Fsp3) is 1.00. The molecule has 0 spiro atoms. The van der Waals surface area contributed by atoms with E-state index < -0.39 is 0 Å². The lowest BCUT2D eigenvalue weighted by atomic mass is 10.1. The Kier molecular flexibility index (Phi) is 4.74. The second kappa shape index (κ2) is 5.61. The number of likely N-dealkylation sites (tertiary alicyclic amines) is 1. The van der Waals surface area contributed by atoms with Crippen molar-refractivity contribution < 1.29 is 5.11 Å². The van der Waals surface area contributed by atoms with Crippen LogP contribution in [0.1, 0.15) is 46.0 Å². The first-order valence-electron chi connectivity index (χ1n) is 5.70. The average molecular weight is 185 g/mol. The van der Waals surface area contributed by atoms with E-state index in [1.165, 1.54) is 25.7 Å². The first-order chi connectivity index (χ1) is 6.27. The van der Waals surface area contributed by atoms with Crippen LogP contribution < -0.4 is 0 Å². The van der Waals surface area contributed by atoms with Gasteiger partial charge in [-0.3, -0.25) is 4.90 Å². The Bertz CT molecular complexity index is 138. The van der Waals surface area contributed by atoms with Gasteiger partial charge >= 0.3 is 0 Å². The molecule has 1 saturated heterocycles. The van der Waals surface area contributed by atoms with Crippen LogP contribution in [0.3, 0.4) is 0 Å². The first-order valence-corrected chi connectivity index (χ1v) is 5.70. The minimum absolute atomic E-state index is 0.0617. The largest absolute Gasteiger partial charge is 0.392 e. The van der Waals surface area contributed by atoms with E-state index in [9.17, 15) is 5.11 Å². The van der Waals surface area contributed by atoms with Gasteiger partial charge in [-0.05, 0) is 25.8 Å². The van der Waals surface area contributed by atoms with Crippen LogP contribution in [0.5, 0.6) is 0 Å². The summed E-state index contributed by atoms with van der Waals surface area (Å²) in [7, 11) is 0. The molecule has 0 radical (unpaired) electrons. The maximum atomic E-state index is 9.55. The summed E-state index contributed by atoms with van der Waals surface area (Å²) in [4.78, 5) is 2.46. The SMILES string of the molecule is CCCC[C@H]1C[C@H](O)CN1CCC. The minimum Gasteiger partial charge on any atom is -0.392 e. The average Bonchev–Trinajstić information content (AvgIpc) is 2.44. The second-order valence-corrected chi connectivity index (χ2v) is 4.18. The maximum Gasteiger partial charge on any atom is 0.0682 e. The molecule has 1 rings (SSSR count). The summed E-state index contributed by atoms with van der Waals surface area (Å²) in [6, 6.07) is 0.662. The van der Waals surface area contributed by atoms with Crippen molar-refractivity contribution in [2.75, 3.05) is 13.1 Å². The lowest BCUT2D eigenvalue weighted by molar-refractivity contribution is 0.174. The summed E-state index contributed by atoms with van der Waals surface area (Å²) < 4.78 is 0. The monoisotopic (exact) mass is 185 g/mol. The maximum absolute atomic E-state index is 9.55. The van der Waals surface area contributed by atoms with Crippen LogP contribution in [0.15, 0.2) is 0 Å². The zero-order valence-electron chi connectivity index (χ0n) is 9.00. The number of aliphatic hydroxyl groups excluding tert-OH is 1. The Morgan fingerprint density at radius 3 is 2.69 bits per heavy atom. The molecule has 0 aliphatic carbocycles. The van der Waals surface area contributed by atoms with Crippen molar-refractivity contribution in [1.29, 1.82) is 0 Å². The molecule has 0 bridgehead atoms. The molecular formula is C11H23NO. The third-order valence-electron chi connectivity index (χ3n) is 2.91. The third-order valence-corrected chi connectivity index (χ3v) is 2.91. The van der Waals surface area contributed by atoms with Gasteiger partial charge in [-0.15, -0.1) is 0 Å². The Hall–Kier alpha value is -0.0800. The van der Waals surface area contributed by atoms with E-state index in [4.69, 9.17) is 0 Å². The lowest BCUT2D eigenvalue weighted by Crippen LogP contribution is -2.30. The van der Waals surface area contributed by atoms with E-state index >= 15 is 0 Å². The molecule has 0 aromatic carbocycles. The van der Waals surface area contributed by atoms with E-state index in [2.05, 4.69) is 18.7 Å². The molecule has 2 nitrogen and oxygen atoms in total. The molecule has 2 atom stereocenters. The van der Waals surface area contributed by atoms with E-state index in [0.29, 0.717) is 6.04 Å². The van der Waals surface area contributed by atoms with Gasteiger partial charge in [-0.2, -0.15) is 0 Å². The predicted molar refractivity (Wildman–Crippen MR) is 55.8 cm³/mol. The zero-order valence-corrected chi connectivity index (χ0v) is 9.00. The quantitative estimate of drug-likeness (QED) is 0.708. The Balaban J connectivity index is 2.31. The highest BCUT2D eigenvalue weighted by atomic mass is 16.3. The molecular weight excluding hydrogens is 162 g/mol. The molecule has 1 fully saturated rings.